The highest BCUT2D eigenvalue weighted by molar-refractivity contribution is 6.12. The van der Waals surface area contributed by atoms with Gasteiger partial charge in [-0.05, 0) is 118 Å². The number of fused-ring (bicyclic) bond motifs is 6. The Morgan fingerprint density at radius 1 is 0.222 bits per heavy atom. The van der Waals surface area contributed by atoms with Crippen LogP contribution in [0.15, 0.2) is 249 Å². The molecule has 3 heteroatoms. The number of rotatable bonds is 8. The van der Waals surface area contributed by atoms with Crippen molar-refractivity contribution in [3.63, 3.8) is 0 Å². The molecule has 12 rings (SSSR count). The second kappa shape index (κ2) is 15.3. The topological polar surface area (TPSA) is 13.1 Å². The monoisotopic (exact) mass is 803 g/mol. The first kappa shape index (κ1) is 36.5. The number of anilines is 3. The zero-order valence-corrected chi connectivity index (χ0v) is 34.5. The molecule has 0 atom stereocenters. The second-order valence-corrected chi connectivity index (χ2v) is 16.2. The van der Waals surface area contributed by atoms with Crippen LogP contribution in [0.4, 0.5) is 17.1 Å². The van der Waals surface area contributed by atoms with Crippen molar-refractivity contribution in [2.75, 3.05) is 4.90 Å². The zero-order chi connectivity index (χ0) is 41.7. The first-order chi connectivity index (χ1) is 31.2. The van der Waals surface area contributed by atoms with Crippen LogP contribution >= 0.6 is 0 Å². The van der Waals surface area contributed by atoms with Gasteiger partial charge in [0.25, 0.3) is 0 Å². The molecule has 296 valence electrons. The molecular weight excluding hydrogens is 763 g/mol. The lowest BCUT2D eigenvalue weighted by Crippen LogP contribution is -2.09. The Balaban J connectivity index is 0.935. The predicted molar refractivity (Wildman–Crippen MR) is 266 cm³/mol. The molecule has 0 fully saturated rings. The van der Waals surface area contributed by atoms with Gasteiger partial charge in [-0.3, -0.25) is 0 Å². The van der Waals surface area contributed by atoms with Crippen molar-refractivity contribution < 1.29 is 0 Å². The van der Waals surface area contributed by atoms with E-state index in [-0.39, 0.29) is 0 Å². The molecule has 0 aliphatic heterocycles. The lowest BCUT2D eigenvalue weighted by molar-refractivity contribution is 1.15. The van der Waals surface area contributed by atoms with E-state index < -0.39 is 0 Å². The molecule has 0 N–H and O–H groups in total. The van der Waals surface area contributed by atoms with Gasteiger partial charge in [-0.15, -0.1) is 0 Å². The molecule has 0 radical (unpaired) electrons. The Kier molecular flexibility index (Phi) is 8.83. The van der Waals surface area contributed by atoms with Crippen LogP contribution < -0.4 is 4.90 Å². The molecule has 0 saturated heterocycles. The molecule has 2 heterocycles. The molecule has 0 spiro atoms. The molecule has 0 amide bonds. The van der Waals surface area contributed by atoms with E-state index in [9.17, 15) is 0 Å². The summed E-state index contributed by atoms with van der Waals surface area (Å²) < 4.78 is 4.82. The first-order valence-corrected chi connectivity index (χ1v) is 21.6. The van der Waals surface area contributed by atoms with Crippen molar-refractivity contribution in [1.29, 1.82) is 0 Å². The van der Waals surface area contributed by atoms with Gasteiger partial charge in [0.1, 0.15) is 0 Å². The standard InChI is InChI=1S/C60H41N3/c1-4-14-42(15-5-1)44-24-31-49(32-25-44)61(50-33-26-45(27-34-50)43-16-6-2-7-17-43)51-35-28-46(29-36-51)47-30-39-59-56(40-47)54-21-11-13-23-58(54)63(59)52-37-38-55-53-20-10-12-22-57(53)62(60(55)41-52)48-18-8-3-9-19-48/h1-41H. The molecule has 0 aliphatic carbocycles. The van der Waals surface area contributed by atoms with E-state index in [2.05, 4.69) is 263 Å². The van der Waals surface area contributed by atoms with Gasteiger partial charge in [-0.25, -0.2) is 0 Å². The molecule has 0 unspecified atom stereocenters. The van der Waals surface area contributed by atoms with Crippen LogP contribution in [-0.4, -0.2) is 9.13 Å². The average molecular weight is 804 g/mol. The van der Waals surface area contributed by atoms with Crippen LogP contribution in [-0.2, 0) is 0 Å². The zero-order valence-electron chi connectivity index (χ0n) is 34.5. The van der Waals surface area contributed by atoms with Crippen molar-refractivity contribution in [2.45, 2.75) is 0 Å². The van der Waals surface area contributed by atoms with Crippen LogP contribution in [0.2, 0.25) is 0 Å². The van der Waals surface area contributed by atoms with E-state index >= 15 is 0 Å². The van der Waals surface area contributed by atoms with E-state index in [0.29, 0.717) is 0 Å². The third-order valence-electron chi connectivity index (χ3n) is 12.5. The Morgan fingerprint density at radius 3 is 1.14 bits per heavy atom. The van der Waals surface area contributed by atoms with Gasteiger partial charge >= 0.3 is 0 Å². The summed E-state index contributed by atoms with van der Waals surface area (Å²) in [5.41, 5.74) is 17.5. The summed E-state index contributed by atoms with van der Waals surface area (Å²) in [6.07, 6.45) is 0. The van der Waals surface area contributed by atoms with Crippen molar-refractivity contribution in [1.82, 2.24) is 9.13 Å². The quantitative estimate of drug-likeness (QED) is 0.149. The highest BCUT2D eigenvalue weighted by atomic mass is 15.1. The lowest BCUT2D eigenvalue weighted by atomic mass is 10.0. The molecule has 12 aromatic rings. The van der Waals surface area contributed by atoms with Gasteiger partial charge in [0, 0.05) is 50.0 Å². The maximum atomic E-state index is 2.42. The minimum Gasteiger partial charge on any atom is -0.311 e. The summed E-state index contributed by atoms with van der Waals surface area (Å²) in [7, 11) is 0. The van der Waals surface area contributed by atoms with Gasteiger partial charge in [-0.2, -0.15) is 0 Å². The summed E-state index contributed by atoms with van der Waals surface area (Å²) in [6, 6.07) is 90.0. The van der Waals surface area contributed by atoms with E-state index in [1.165, 1.54) is 77.0 Å². The molecule has 3 nitrogen and oxygen atoms in total. The molecule has 63 heavy (non-hydrogen) atoms. The maximum Gasteiger partial charge on any atom is 0.0561 e. The highest BCUT2D eigenvalue weighted by Crippen LogP contribution is 2.41. The van der Waals surface area contributed by atoms with Crippen LogP contribution in [0, 0.1) is 0 Å². The lowest BCUT2D eigenvalue weighted by Gasteiger charge is -2.26. The molecular formula is C60H41N3. The number of para-hydroxylation sites is 3. The third kappa shape index (κ3) is 6.38. The number of nitrogens with zero attached hydrogens (tertiary/aromatic N) is 3. The van der Waals surface area contributed by atoms with Crippen molar-refractivity contribution in [3.8, 4) is 44.8 Å². The predicted octanol–water partition coefficient (Wildman–Crippen LogP) is 16.4. The second-order valence-electron chi connectivity index (χ2n) is 16.2. The molecule has 0 saturated carbocycles. The highest BCUT2D eigenvalue weighted by Gasteiger charge is 2.18. The van der Waals surface area contributed by atoms with Crippen molar-refractivity contribution >= 4 is 60.7 Å². The van der Waals surface area contributed by atoms with Crippen molar-refractivity contribution in [2.24, 2.45) is 0 Å². The summed E-state index contributed by atoms with van der Waals surface area (Å²) >= 11 is 0. The number of hydrogen-bond donors (Lipinski definition) is 0. The minimum absolute atomic E-state index is 1.10. The van der Waals surface area contributed by atoms with Crippen molar-refractivity contribution in [3.05, 3.63) is 249 Å². The number of aromatic nitrogens is 2. The molecule has 10 aromatic carbocycles. The fourth-order valence-corrected chi connectivity index (χ4v) is 9.50. The van der Waals surface area contributed by atoms with E-state index in [1.807, 2.05) is 0 Å². The third-order valence-corrected chi connectivity index (χ3v) is 12.5. The SMILES string of the molecule is c1ccc(-c2ccc(N(c3ccc(-c4ccccc4)cc3)c3ccc(-c4ccc5c(c4)c4ccccc4n5-c4ccc5c6ccccc6n(-c6ccccc6)c5c4)cc3)cc2)cc1. The van der Waals surface area contributed by atoms with Crippen LogP contribution in [0.5, 0.6) is 0 Å². The number of benzene rings is 10. The summed E-state index contributed by atoms with van der Waals surface area (Å²) in [4.78, 5) is 2.35. The average Bonchev–Trinajstić information content (AvgIpc) is 3.88. The van der Waals surface area contributed by atoms with E-state index in [4.69, 9.17) is 0 Å². The fraction of sp³-hybridized carbons (Fsp3) is 0. The number of hydrogen-bond acceptors (Lipinski definition) is 1. The minimum atomic E-state index is 1.10. The summed E-state index contributed by atoms with van der Waals surface area (Å²) in [6.45, 7) is 0. The van der Waals surface area contributed by atoms with Crippen LogP contribution in [0.3, 0.4) is 0 Å². The normalized spacial score (nSPS) is 11.5. The van der Waals surface area contributed by atoms with Gasteiger partial charge in [0.15, 0.2) is 0 Å². The van der Waals surface area contributed by atoms with Gasteiger partial charge < -0.3 is 14.0 Å². The van der Waals surface area contributed by atoms with Crippen LogP contribution in [0.1, 0.15) is 0 Å². The Labute approximate surface area is 366 Å². The summed E-state index contributed by atoms with van der Waals surface area (Å²) in [5, 5.41) is 4.97. The fourth-order valence-electron chi connectivity index (χ4n) is 9.50. The molecule has 2 aromatic heterocycles. The Morgan fingerprint density at radius 2 is 0.603 bits per heavy atom. The maximum absolute atomic E-state index is 2.42. The van der Waals surface area contributed by atoms with Gasteiger partial charge in [0.05, 0.1) is 22.1 Å². The molecule has 0 bridgehead atoms. The smallest absolute Gasteiger partial charge is 0.0561 e. The van der Waals surface area contributed by atoms with Crippen LogP contribution in [0.25, 0.3) is 88.4 Å². The molecule has 0 aliphatic rings. The Hall–Kier alpha value is -8.40. The summed E-state index contributed by atoms with van der Waals surface area (Å²) in [5.74, 6) is 0. The van der Waals surface area contributed by atoms with Gasteiger partial charge in [0.2, 0.25) is 0 Å². The van der Waals surface area contributed by atoms with E-state index in [1.54, 1.807) is 0 Å². The first-order valence-electron chi connectivity index (χ1n) is 21.6. The largest absolute Gasteiger partial charge is 0.311 e. The van der Waals surface area contributed by atoms with Gasteiger partial charge in [-0.1, -0.05) is 164 Å². The van der Waals surface area contributed by atoms with E-state index in [0.717, 1.165) is 28.4 Å². The Bertz CT molecular complexity index is 3480.